The van der Waals surface area contributed by atoms with E-state index in [0.717, 1.165) is 43.8 Å². The highest BCUT2D eigenvalue weighted by molar-refractivity contribution is 7.25. The van der Waals surface area contributed by atoms with E-state index >= 15 is 0 Å². The van der Waals surface area contributed by atoms with E-state index in [0.29, 0.717) is 0 Å². The molecule has 0 N–H and O–H groups in total. The van der Waals surface area contributed by atoms with Crippen LogP contribution < -0.4 is 9.80 Å². The van der Waals surface area contributed by atoms with Gasteiger partial charge in [-0.05, 0) is 119 Å². The highest BCUT2D eigenvalue weighted by Gasteiger charge is 2.18. The van der Waals surface area contributed by atoms with Gasteiger partial charge in [-0.15, -0.1) is 22.7 Å². The summed E-state index contributed by atoms with van der Waals surface area (Å²) in [4.78, 5) is 16.1. The lowest BCUT2D eigenvalue weighted by molar-refractivity contribution is 1.29. The van der Waals surface area contributed by atoms with Crippen LogP contribution in [0, 0.1) is 0 Å². The molecule has 11 rings (SSSR count). The third-order valence-electron chi connectivity index (χ3n) is 10.3. The Morgan fingerprint density at radius 3 is 1.17 bits per heavy atom. The molecule has 54 heavy (non-hydrogen) atoms. The van der Waals surface area contributed by atoms with Crippen LogP contribution in [-0.4, -0.2) is 9.97 Å². The molecule has 11 aromatic rings. The summed E-state index contributed by atoms with van der Waals surface area (Å²) in [5, 5.41) is 9.75. The second-order valence-electron chi connectivity index (χ2n) is 13.5. The van der Waals surface area contributed by atoms with Crippen LogP contribution in [0.2, 0.25) is 0 Å². The van der Waals surface area contributed by atoms with Gasteiger partial charge in [0.15, 0.2) is 0 Å². The highest BCUT2D eigenvalue weighted by atomic mass is 32.1. The number of thiophene rings is 2. The molecule has 7 aromatic carbocycles. The molecule has 0 aliphatic carbocycles. The molecule has 6 heteroatoms. The maximum Gasteiger partial charge on any atom is 0.124 e. The summed E-state index contributed by atoms with van der Waals surface area (Å²) >= 11 is 3.49. The molecular formula is C48H30N4S2. The number of anilines is 6. The second kappa shape index (κ2) is 12.5. The zero-order valence-corrected chi connectivity index (χ0v) is 30.6. The van der Waals surface area contributed by atoms with Crippen LogP contribution in [0.1, 0.15) is 0 Å². The van der Waals surface area contributed by atoms with Crippen molar-refractivity contribution >= 4 is 119 Å². The van der Waals surface area contributed by atoms with Crippen LogP contribution in [0.25, 0.3) is 62.2 Å². The number of nitrogens with zero attached hydrogens (tertiary/aromatic N) is 4. The van der Waals surface area contributed by atoms with Crippen molar-refractivity contribution in [1.29, 1.82) is 0 Å². The molecule has 0 radical (unpaired) electrons. The number of pyridine rings is 2. The van der Waals surface area contributed by atoms with Crippen molar-refractivity contribution in [2.45, 2.75) is 0 Å². The summed E-state index contributed by atoms with van der Waals surface area (Å²) in [5.74, 6) is 0. The van der Waals surface area contributed by atoms with Gasteiger partial charge in [0, 0.05) is 77.5 Å². The molecule has 0 unspecified atom stereocenters. The Morgan fingerprint density at radius 1 is 0.315 bits per heavy atom. The molecule has 0 bridgehead atoms. The van der Waals surface area contributed by atoms with Gasteiger partial charge in [0.2, 0.25) is 0 Å². The number of para-hydroxylation sites is 2. The van der Waals surface area contributed by atoms with Crippen LogP contribution in [0.3, 0.4) is 0 Å². The molecule has 0 saturated heterocycles. The first-order valence-corrected chi connectivity index (χ1v) is 19.6. The largest absolute Gasteiger partial charge is 0.310 e. The summed E-state index contributed by atoms with van der Waals surface area (Å²) in [7, 11) is 0. The van der Waals surface area contributed by atoms with Crippen molar-refractivity contribution in [3.05, 3.63) is 182 Å². The topological polar surface area (TPSA) is 32.3 Å². The smallest absolute Gasteiger partial charge is 0.124 e. The van der Waals surface area contributed by atoms with E-state index in [9.17, 15) is 0 Å². The number of hydrogen-bond acceptors (Lipinski definition) is 6. The number of aromatic nitrogens is 2. The minimum atomic E-state index is 1.07. The van der Waals surface area contributed by atoms with Crippen molar-refractivity contribution < 1.29 is 0 Å². The zero-order chi connectivity index (χ0) is 35.6. The van der Waals surface area contributed by atoms with Gasteiger partial charge in [-0.25, -0.2) is 9.97 Å². The van der Waals surface area contributed by atoms with E-state index in [4.69, 9.17) is 0 Å². The quantitative estimate of drug-likeness (QED) is 0.160. The summed E-state index contributed by atoms with van der Waals surface area (Å²) in [6, 6.07) is 61.4. The van der Waals surface area contributed by atoms with Crippen molar-refractivity contribution in [2.24, 2.45) is 0 Å². The first kappa shape index (κ1) is 31.0. The van der Waals surface area contributed by atoms with E-state index in [-0.39, 0.29) is 0 Å². The van der Waals surface area contributed by atoms with Gasteiger partial charge in [-0.2, -0.15) is 0 Å². The SMILES string of the molecule is c1ccc(N(c2ccc3c(ccc4cc(N(c5ccccc5)c5ccc6c(c5)sc5ncccc56)ccc43)c2)c2ccc3c(c2)sc2ncccc23)cc1. The van der Waals surface area contributed by atoms with Crippen LogP contribution in [-0.2, 0) is 0 Å². The maximum atomic E-state index is 4.63. The third kappa shape index (κ3) is 5.11. The van der Waals surface area contributed by atoms with Gasteiger partial charge in [0.1, 0.15) is 9.66 Å². The normalized spacial score (nSPS) is 11.7. The van der Waals surface area contributed by atoms with E-state index in [1.165, 1.54) is 52.5 Å². The van der Waals surface area contributed by atoms with E-state index in [1.54, 1.807) is 22.7 Å². The average molecular weight is 727 g/mol. The second-order valence-corrected chi connectivity index (χ2v) is 15.6. The molecule has 0 spiro atoms. The molecule has 0 aliphatic rings. The van der Waals surface area contributed by atoms with Crippen molar-refractivity contribution in [2.75, 3.05) is 9.80 Å². The van der Waals surface area contributed by atoms with E-state index in [1.807, 2.05) is 24.5 Å². The minimum Gasteiger partial charge on any atom is -0.310 e. The Kier molecular flexibility index (Phi) is 7.18. The van der Waals surface area contributed by atoms with Gasteiger partial charge in [0.05, 0.1) is 0 Å². The molecule has 0 amide bonds. The van der Waals surface area contributed by atoms with Crippen LogP contribution >= 0.6 is 22.7 Å². The summed E-state index contributed by atoms with van der Waals surface area (Å²) in [6.45, 7) is 0. The predicted octanol–water partition coefficient (Wildman–Crippen LogP) is 14.5. The summed E-state index contributed by atoms with van der Waals surface area (Å²) in [6.07, 6.45) is 3.75. The minimum absolute atomic E-state index is 1.07. The zero-order valence-electron chi connectivity index (χ0n) is 28.9. The molecular weight excluding hydrogens is 697 g/mol. The molecule has 0 aliphatic heterocycles. The fourth-order valence-electron chi connectivity index (χ4n) is 7.85. The fraction of sp³-hybridized carbons (Fsp3) is 0. The Bertz CT molecular complexity index is 2970. The van der Waals surface area contributed by atoms with Crippen LogP contribution in [0.15, 0.2) is 182 Å². The van der Waals surface area contributed by atoms with E-state index < -0.39 is 0 Å². The van der Waals surface area contributed by atoms with Crippen molar-refractivity contribution in [3.8, 4) is 0 Å². The van der Waals surface area contributed by atoms with Gasteiger partial charge >= 0.3 is 0 Å². The average Bonchev–Trinajstić information content (AvgIpc) is 3.79. The molecule has 4 aromatic heterocycles. The fourth-order valence-corrected chi connectivity index (χ4v) is 10.0. The molecule has 0 saturated carbocycles. The standard InChI is InChI=1S/C48H30N4S2/c1-3-9-33(10-4-1)51(37-19-23-41-43-13-7-25-49-47(43)53-45(41)29-37)35-17-21-39-31(27-35)15-16-32-28-36(18-22-40(32)39)52(34-11-5-2-6-12-34)38-20-24-42-44-14-8-26-50-48(44)54-46(42)30-38/h1-30H. The van der Waals surface area contributed by atoms with Crippen molar-refractivity contribution in [3.63, 3.8) is 0 Å². The monoisotopic (exact) mass is 726 g/mol. The Morgan fingerprint density at radius 2 is 0.722 bits per heavy atom. The molecule has 0 atom stereocenters. The lowest BCUT2D eigenvalue weighted by Crippen LogP contribution is -2.10. The van der Waals surface area contributed by atoms with Gasteiger partial charge in [0.25, 0.3) is 0 Å². The first-order chi connectivity index (χ1) is 26.7. The van der Waals surface area contributed by atoms with Crippen LogP contribution in [0.5, 0.6) is 0 Å². The Hall–Kier alpha value is -6.60. The molecule has 0 fully saturated rings. The number of rotatable bonds is 6. The Labute approximate surface area is 319 Å². The number of fused-ring (bicyclic) bond motifs is 9. The molecule has 4 heterocycles. The van der Waals surface area contributed by atoms with Gasteiger partial charge in [-0.1, -0.05) is 72.8 Å². The van der Waals surface area contributed by atoms with Crippen molar-refractivity contribution in [1.82, 2.24) is 9.97 Å². The summed E-state index contributed by atoms with van der Waals surface area (Å²) in [5.41, 5.74) is 6.71. The Balaban J connectivity index is 1.01. The molecule has 254 valence electrons. The lowest BCUT2D eigenvalue weighted by atomic mass is 10.00. The van der Waals surface area contributed by atoms with E-state index in [2.05, 4.69) is 177 Å². The highest BCUT2D eigenvalue weighted by Crippen LogP contribution is 2.43. The first-order valence-electron chi connectivity index (χ1n) is 18.0. The number of benzene rings is 7. The number of hydrogen-bond donors (Lipinski definition) is 0. The third-order valence-corrected chi connectivity index (χ3v) is 12.5. The lowest BCUT2D eigenvalue weighted by Gasteiger charge is -2.26. The van der Waals surface area contributed by atoms with Gasteiger partial charge < -0.3 is 9.80 Å². The van der Waals surface area contributed by atoms with Gasteiger partial charge in [-0.3, -0.25) is 0 Å². The molecule has 4 nitrogen and oxygen atoms in total. The predicted molar refractivity (Wildman–Crippen MR) is 232 cm³/mol. The summed E-state index contributed by atoms with van der Waals surface area (Å²) < 4.78 is 2.46. The van der Waals surface area contributed by atoms with Crippen LogP contribution in [0.4, 0.5) is 34.1 Å². The maximum absolute atomic E-state index is 4.63.